The van der Waals surface area contributed by atoms with Crippen LogP contribution in [-0.2, 0) is 0 Å². The van der Waals surface area contributed by atoms with Crippen LogP contribution in [0.15, 0.2) is 28.5 Å². The number of nitrogens with one attached hydrogen (secondary N) is 1. The topological polar surface area (TPSA) is 24.4 Å². The molecule has 0 aromatic rings. The van der Waals surface area contributed by atoms with Crippen molar-refractivity contribution in [3.63, 3.8) is 0 Å². The largest absolute Gasteiger partial charge is 0.350 e. The van der Waals surface area contributed by atoms with Crippen molar-refractivity contribution in [3.05, 3.63) is 23.5 Å². The smallest absolute Gasteiger partial charge is 0.114 e. The van der Waals surface area contributed by atoms with Gasteiger partial charge < -0.3 is 5.32 Å². The molecular formula is C7H6Cl2N2. The van der Waals surface area contributed by atoms with Crippen LogP contribution in [0.1, 0.15) is 0 Å². The van der Waals surface area contributed by atoms with Gasteiger partial charge in [0, 0.05) is 6.20 Å². The average Bonchev–Trinajstić information content (AvgIpc) is 2.45. The van der Waals surface area contributed by atoms with Crippen LogP contribution in [0.3, 0.4) is 0 Å². The molecule has 0 saturated heterocycles. The van der Waals surface area contributed by atoms with Gasteiger partial charge in [0.25, 0.3) is 0 Å². The average molecular weight is 189 g/mol. The number of aliphatic imine (C=N–C) groups is 1. The van der Waals surface area contributed by atoms with E-state index in [1.165, 1.54) is 0 Å². The summed E-state index contributed by atoms with van der Waals surface area (Å²) < 4.78 is 0. The van der Waals surface area contributed by atoms with Gasteiger partial charge >= 0.3 is 0 Å². The molecule has 2 unspecified atom stereocenters. The molecule has 0 saturated carbocycles. The van der Waals surface area contributed by atoms with Crippen molar-refractivity contribution >= 4 is 29.0 Å². The lowest BCUT2D eigenvalue weighted by molar-refractivity contribution is 0.859. The Morgan fingerprint density at radius 3 is 3.18 bits per heavy atom. The lowest BCUT2D eigenvalue weighted by Crippen LogP contribution is -2.28. The maximum absolute atomic E-state index is 6.00. The van der Waals surface area contributed by atoms with Gasteiger partial charge in [-0.3, -0.25) is 0 Å². The first kappa shape index (κ1) is 7.19. The molecule has 2 rings (SSSR count). The summed E-state index contributed by atoms with van der Waals surface area (Å²) in [5.74, 6) is 1.02. The van der Waals surface area contributed by atoms with Gasteiger partial charge in [0.1, 0.15) is 5.84 Å². The molecule has 2 aliphatic heterocycles. The van der Waals surface area contributed by atoms with Crippen LogP contribution in [0.2, 0.25) is 0 Å². The molecule has 58 valence electrons. The van der Waals surface area contributed by atoms with Gasteiger partial charge in [0.15, 0.2) is 0 Å². The highest BCUT2D eigenvalue weighted by Crippen LogP contribution is 2.29. The van der Waals surface area contributed by atoms with Crippen LogP contribution in [0, 0.1) is 5.92 Å². The Balaban J connectivity index is 2.34. The first-order valence-electron chi connectivity index (χ1n) is 3.29. The maximum atomic E-state index is 6.00. The van der Waals surface area contributed by atoms with Gasteiger partial charge in [-0.15, -0.1) is 11.6 Å². The maximum Gasteiger partial charge on any atom is 0.114 e. The number of hydrogen-bond donors (Lipinski definition) is 1. The summed E-state index contributed by atoms with van der Waals surface area (Å²) in [7, 11) is 0. The molecular weight excluding hydrogens is 183 g/mol. The van der Waals surface area contributed by atoms with E-state index in [4.69, 9.17) is 23.2 Å². The Hall–Kier alpha value is -0.470. The fourth-order valence-corrected chi connectivity index (χ4v) is 1.60. The van der Waals surface area contributed by atoms with Crippen LogP contribution in [-0.4, -0.2) is 11.2 Å². The van der Waals surface area contributed by atoms with E-state index in [1.54, 1.807) is 6.20 Å². The lowest BCUT2D eigenvalue weighted by Gasteiger charge is -2.18. The fraction of sp³-hybridized carbons (Fsp3) is 0.286. The van der Waals surface area contributed by atoms with Crippen LogP contribution in [0.5, 0.6) is 0 Å². The van der Waals surface area contributed by atoms with Crippen molar-refractivity contribution in [3.8, 4) is 0 Å². The second-order valence-electron chi connectivity index (χ2n) is 2.46. The van der Waals surface area contributed by atoms with Crippen molar-refractivity contribution < 1.29 is 0 Å². The summed E-state index contributed by atoms with van der Waals surface area (Å²) in [6.45, 7) is 0. The van der Waals surface area contributed by atoms with Gasteiger partial charge in [-0.05, 0) is 6.20 Å². The number of allylic oxidation sites excluding steroid dienone is 1. The Morgan fingerprint density at radius 2 is 2.36 bits per heavy atom. The Morgan fingerprint density at radius 1 is 1.55 bits per heavy atom. The predicted octanol–water partition coefficient (Wildman–Crippen LogP) is 1.82. The van der Waals surface area contributed by atoms with Crippen molar-refractivity contribution in [2.75, 3.05) is 0 Å². The van der Waals surface area contributed by atoms with Crippen LogP contribution in [0.25, 0.3) is 0 Å². The lowest BCUT2D eigenvalue weighted by atomic mass is 10.0. The monoisotopic (exact) mass is 188 g/mol. The van der Waals surface area contributed by atoms with Crippen molar-refractivity contribution in [1.82, 2.24) is 5.32 Å². The van der Waals surface area contributed by atoms with Crippen molar-refractivity contribution in [2.24, 2.45) is 10.9 Å². The third kappa shape index (κ3) is 1.06. The van der Waals surface area contributed by atoms with E-state index in [0.29, 0.717) is 5.03 Å². The first-order chi connectivity index (χ1) is 5.29. The number of rotatable bonds is 0. The molecule has 0 amide bonds. The first-order valence-corrected chi connectivity index (χ1v) is 4.11. The second-order valence-corrected chi connectivity index (χ2v) is 3.37. The van der Waals surface area contributed by atoms with E-state index in [2.05, 4.69) is 10.3 Å². The molecule has 0 aliphatic carbocycles. The predicted molar refractivity (Wildman–Crippen MR) is 46.8 cm³/mol. The van der Waals surface area contributed by atoms with E-state index in [0.717, 1.165) is 5.84 Å². The summed E-state index contributed by atoms with van der Waals surface area (Å²) in [6, 6.07) is 0. The van der Waals surface area contributed by atoms with Gasteiger partial charge in [-0.2, -0.15) is 0 Å². The Kier molecular flexibility index (Phi) is 1.66. The summed E-state index contributed by atoms with van der Waals surface area (Å²) in [5, 5.41) is 3.44. The molecule has 0 spiro atoms. The van der Waals surface area contributed by atoms with E-state index >= 15 is 0 Å². The number of amidine groups is 1. The number of hydrogen-bond acceptors (Lipinski definition) is 2. The molecule has 2 aliphatic rings. The van der Waals surface area contributed by atoms with Crippen molar-refractivity contribution in [1.29, 1.82) is 0 Å². The van der Waals surface area contributed by atoms with Crippen LogP contribution in [0.4, 0.5) is 0 Å². The molecule has 0 aromatic heterocycles. The molecule has 0 radical (unpaired) electrons. The normalized spacial score (nSPS) is 34.0. The minimum absolute atomic E-state index is 0.133. The fourth-order valence-electron chi connectivity index (χ4n) is 1.16. The minimum Gasteiger partial charge on any atom is -0.350 e. The summed E-state index contributed by atoms with van der Waals surface area (Å²) in [5.41, 5.74) is 0. The second kappa shape index (κ2) is 2.54. The summed E-state index contributed by atoms with van der Waals surface area (Å²) in [4.78, 5) is 4.09. The number of nitrogens with zero attached hydrogens (tertiary/aromatic N) is 1. The van der Waals surface area contributed by atoms with Crippen molar-refractivity contribution in [2.45, 2.75) is 5.38 Å². The molecule has 2 heterocycles. The molecule has 2 atom stereocenters. The van der Waals surface area contributed by atoms with Crippen LogP contribution < -0.4 is 5.32 Å². The van der Waals surface area contributed by atoms with E-state index in [-0.39, 0.29) is 11.3 Å². The number of halogens is 2. The standard InChI is InChI=1S/C7H6Cl2N2/c8-5-3-11-7-4(6(5)9)1-2-10-7/h1-4,6H,(H,10,11). The highest BCUT2D eigenvalue weighted by Gasteiger charge is 2.29. The molecule has 0 fully saturated rings. The molecule has 4 heteroatoms. The van der Waals surface area contributed by atoms with E-state index < -0.39 is 0 Å². The van der Waals surface area contributed by atoms with Gasteiger partial charge in [-0.25, -0.2) is 4.99 Å². The summed E-state index contributed by atoms with van der Waals surface area (Å²) >= 11 is 11.8. The third-order valence-corrected chi connectivity index (χ3v) is 2.71. The Bertz CT molecular complexity index is 268. The Labute approximate surface area is 74.6 Å². The zero-order valence-corrected chi connectivity index (χ0v) is 7.10. The molecule has 0 aromatic carbocycles. The highest BCUT2D eigenvalue weighted by molar-refractivity contribution is 6.38. The number of fused-ring (bicyclic) bond motifs is 1. The quantitative estimate of drug-likeness (QED) is 0.577. The van der Waals surface area contributed by atoms with E-state index in [1.807, 2.05) is 12.3 Å². The zero-order chi connectivity index (χ0) is 7.84. The molecule has 2 nitrogen and oxygen atoms in total. The zero-order valence-electron chi connectivity index (χ0n) is 5.59. The van der Waals surface area contributed by atoms with E-state index in [9.17, 15) is 0 Å². The molecule has 11 heavy (non-hydrogen) atoms. The molecule has 1 N–H and O–H groups in total. The molecule has 0 bridgehead atoms. The third-order valence-electron chi connectivity index (χ3n) is 1.76. The highest BCUT2D eigenvalue weighted by atomic mass is 35.5. The minimum atomic E-state index is -0.157. The van der Waals surface area contributed by atoms with Gasteiger partial charge in [0.05, 0.1) is 16.3 Å². The summed E-state index contributed by atoms with van der Waals surface area (Å²) in [6.07, 6.45) is 5.39. The van der Waals surface area contributed by atoms with Gasteiger partial charge in [0.2, 0.25) is 0 Å². The SMILES string of the molecule is ClC1=CN=C2NC=CC2C1Cl. The van der Waals surface area contributed by atoms with Gasteiger partial charge in [-0.1, -0.05) is 17.7 Å². The number of alkyl halides is 1. The van der Waals surface area contributed by atoms with Crippen LogP contribution >= 0.6 is 23.2 Å².